The first-order valence-corrected chi connectivity index (χ1v) is 6.35. The largest absolute Gasteiger partial charge is 0.368 e. The molecule has 3 rings (SSSR count). The molecule has 1 amide bonds. The van der Waals surface area contributed by atoms with Crippen LogP contribution in [0.2, 0.25) is 0 Å². The number of nitrogens with zero attached hydrogens (tertiary/aromatic N) is 1. The standard InChI is InChI=1S/C14H17N3O/c1-2-17-8-7-10-9-5-3-4-6-11(9)16-12(10)13(17)14(15)18/h3-6,13,16H,2,7-8H2,1H3,(H2,15,18). The van der Waals surface area contributed by atoms with Crippen molar-refractivity contribution in [3.05, 3.63) is 35.5 Å². The van der Waals surface area contributed by atoms with E-state index >= 15 is 0 Å². The number of aromatic amines is 1. The number of benzene rings is 1. The monoisotopic (exact) mass is 243 g/mol. The Morgan fingerprint density at radius 3 is 3.00 bits per heavy atom. The zero-order valence-corrected chi connectivity index (χ0v) is 10.4. The van der Waals surface area contributed by atoms with Crippen LogP contribution in [0, 0.1) is 0 Å². The highest BCUT2D eigenvalue weighted by molar-refractivity contribution is 5.89. The summed E-state index contributed by atoms with van der Waals surface area (Å²) in [7, 11) is 0. The van der Waals surface area contributed by atoms with Crippen molar-refractivity contribution in [1.82, 2.24) is 9.88 Å². The van der Waals surface area contributed by atoms with Gasteiger partial charge in [-0.2, -0.15) is 0 Å². The zero-order valence-electron chi connectivity index (χ0n) is 10.4. The van der Waals surface area contributed by atoms with Gasteiger partial charge in [0.05, 0.1) is 0 Å². The van der Waals surface area contributed by atoms with Gasteiger partial charge in [-0.1, -0.05) is 25.1 Å². The van der Waals surface area contributed by atoms with Crippen LogP contribution in [-0.4, -0.2) is 28.9 Å². The molecular formula is C14H17N3O. The number of fused-ring (bicyclic) bond motifs is 3. The maximum atomic E-state index is 11.7. The highest BCUT2D eigenvalue weighted by Crippen LogP contribution is 2.33. The van der Waals surface area contributed by atoms with Crippen LogP contribution in [0.25, 0.3) is 10.9 Å². The Morgan fingerprint density at radius 2 is 2.28 bits per heavy atom. The Hall–Kier alpha value is -1.81. The number of para-hydroxylation sites is 1. The Balaban J connectivity index is 2.20. The van der Waals surface area contributed by atoms with Gasteiger partial charge in [-0.3, -0.25) is 9.69 Å². The molecule has 18 heavy (non-hydrogen) atoms. The first kappa shape index (κ1) is 11.3. The SMILES string of the molecule is CCN1CCc2c([nH]c3ccccc23)C1C(N)=O. The summed E-state index contributed by atoms with van der Waals surface area (Å²) < 4.78 is 0. The van der Waals surface area contributed by atoms with Gasteiger partial charge in [0.1, 0.15) is 6.04 Å². The molecule has 0 spiro atoms. The molecule has 4 nitrogen and oxygen atoms in total. The predicted octanol–water partition coefficient (Wildman–Crippen LogP) is 1.57. The molecule has 2 heterocycles. The van der Waals surface area contributed by atoms with Crippen molar-refractivity contribution >= 4 is 16.8 Å². The summed E-state index contributed by atoms with van der Waals surface area (Å²) in [6.07, 6.45) is 0.969. The van der Waals surface area contributed by atoms with E-state index in [0.717, 1.165) is 30.7 Å². The summed E-state index contributed by atoms with van der Waals surface area (Å²) in [5.74, 6) is -0.274. The van der Waals surface area contributed by atoms with E-state index in [1.807, 2.05) is 18.2 Å². The minimum absolute atomic E-state index is 0.274. The van der Waals surface area contributed by atoms with Crippen LogP contribution in [-0.2, 0) is 11.2 Å². The van der Waals surface area contributed by atoms with Crippen LogP contribution in [0.3, 0.4) is 0 Å². The molecule has 0 aliphatic carbocycles. The van der Waals surface area contributed by atoms with Gasteiger partial charge >= 0.3 is 0 Å². The summed E-state index contributed by atoms with van der Waals surface area (Å²) in [6, 6.07) is 7.86. The second kappa shape index (κ2) is 4.14. The molecule has 2 aromatic rings. The molecule has 94 valence electrons. The number of amides is 1. The zero-order chi connectivity index (χ0) is 12.7. The van der Waals surface area contributed by atoms with Gasteiger partial charge in [0.25, 0.3) is 0 Å². The third-order valence-electron chi connectivity index (χ3n) is 3.81. The fraction of sp³-hybridized carbons (Fsp3) is 0.357. The molecule has 1 aromatic carbocycles. The van der Waals surface area contributed by atoms with Crippen molar-refractivity contribution in [3.8, 4) is 0 Å². The molecular weight excluding hydrogens is 226 g/mol. The van der Waals surface area contributed by atoms with Crippen LogP contribution < -0.4 is 5.73 Å². The first-order valence-electron chi connectivity index (χ1n) is 6.35. The van der Waals surface area contributed by atoms with E-state index in [9.17, 15) is 4.79 Å². The highest BCUT2D eigenvalue weighted by atomic mass is 16.1. The summed E-state index contributed by atoms with van der Waals surface area (Å²) >= 11 is 0. The molecule has 0 fully saturated rings. The van der Waals surface area contributed by atoms with Crippen LogP contribution >= 0.6 is 0 Å². The molecule has 0 saturated carbocycles. The number of primary amides is 1. The van der Waals surface area contributed by atoms with E-state index in [-0.39, 0.29) is 11.9 Å². The predicted molar refractivity (Wildman–Crippen MR) is 71.2 cm³/mol. The molecule has 1 atom stereocenters. The van der Waals surface area contributed by atoms with Gasteiger partial charge in [0.2, 0.25) is 5.91 Å². The van der Waals surface area contributed by atoms with E-state index in [4.69, 9.17) is 5.73 Å². The van der Waals surface area contributed by atoms with Crippen molar-refractivity contribution in [2.75, 3.05) is 13.1 Å². The minimum Gasteiger partial charge on any atom is -0.368 e. The maximum Gasteiger partial charge on any atom is 0.240 e. The van der Waals surface area contributed by atoms with Crippen molar-refractivity contribution in [1.29, 1.82) is 0 Å². The van der Waals surface area contributed by atoms with Gasteiger partial charge in [-0.25, -0.2) is 0 Å². The van der Waals surface area contributed by atoms with E-state index in [1.165, 1.54) is 10.9 Å². The smallest absolute Gasteiger partial charge is 0.240 e. The molecule has 0 bridgehead atoms. The fourth-order valence-corrected chi connectivity index (χ4v) is 2.95. The van der Waals surface area contributed by atoms with Gasteiger partial charge < -0.3 is 10.7 Å². The lowest BCUT2D eigenvalue weighted by Gasteiger charge is -2.32. The third kappa shape index (κ3) is 1.53. The summed E-state index contributed by atoms with van der Waals surface area (Å²) in [6.45, 7) is 3.78. The molecule has 1 aromatic heterocycles. The van der Waals surface area contributed by atoms with Crippen molar-refractivity contribution in [2.45, 2.75) is 19.4 Å². The number of likely N-dealkylation sites (N-methyl/N-ethyl adjacent to an activating group) is 1. The Morgan fingerprint density at radius 1 is 1.50 bits per heavy atom. The molecule has 3 N–H and O–H groups in total. The van der Waals surface area contributed by atoms with E-state index in [1.54, 1.807) is 0 Å². The Kier molecular flexibility index (Phi) is 2.59. The Labute approximate surface area is 106 Å². The lowest BCUT2D eigenvalue weighted by Crippen LogP contribution is -2.42. The summed E-state index contributed by atoms with van der Waals surface area (Å²) in [5, 5.41) is 1.22. The van der Waals surface area contributed by atoms with Gasteiger partial charge in [-0.15, -0.1) is 0 Å². The molecule has 1 aliphatic rings. The lowest BCUT2D eigenvalue weighted by molar-refractivity contribution is -0.123. The van der Waals surface area contributed by atoms with Crippen molar-refractivity contribution in [3.63, 3.8) is 0 Å². The number of hydrogen-bond acceptors (Lipinski definition) is 2. The second-order valence-corrected chi connectivity index (χ2v) is 4.75. The van der Waals surface area contributed by atoms with Crippen LogP contribution in [0.4, 0.5) is 0 Å². The van der Waals surface area contributed by atoms with Gasteiger partial charge in [0.15, 0.2) is 0 Å². The van der Waals surface area contributed by atoms with Crippen LogP contribution in [0.15, 0.2) is 24.3 Å². The average Bonchev–Trinajstić information content (AvgIpc) is 2.75. The van der Waals surface area contributed by atoms with Gasteiger partial charge in [0, 0.05) is 23.1 Å². The number of hydrogen-bond donors (Lipinski definition) is 2. The molecule has 0 saturated heterocycles. The van der Waals surface area contributed by atoms with Crippen LogP contribution in [0.5, 0.6) is 0 Å². The molecule has 4 heteroatoms. The van der Waals surface area contributed by atoms with Crippen molar-refractivity contribution < 1.29 is 4.79 Å². The maximum absolute atomic E-state index is 11.7. The first-order chi connectivity index (χ1) is 8.72. The fourth-order valence-electron chi connectivity index (χ4n) is 2.95. The number of rotatable bonds is 2. The molecule has 1 aliphatic heterocycles. The number of nitrogens with one attached hydrogen (secondary N) is 1. The number of carbonyl (C=O) groups is 1. The topological polar surface area (TPSA) is 62.1 Å². The number of carbonyl (C=O) groups excluding carboxylic acids is 1. The van der Waals surface area contributed by atoms with E-state index in [2.05, 4.69) is 22.9 Å². The lowest BCUT2D eigenvalue weighted by atomic mass is 9.97. The summed E-state index contributed by atoms with van der Waals surface area (Å²) in [5.41, 5.74) is 8.89. The Bertz CT molecular complexity index is 602. The van der Waals surface area contributed by atoms with E-state index in [0.29, 0.717) is 0 Å². The van der Waals surface area contributed by atoms with Crippen molar-refractivity contribution in [2.24, 2.45) is 5.73 Å². The third-order valence-corrected chi connectivity index (χ3v) is 3.81. The molecule has 1 unspecified atom stereocenters. The quantitative estimate of drug-likeness (QED) is 0.841. The molecule has 0 radical (unpaired) electrons. The van der Waals surface area contributed by atoms with E-state index < -0.39 is 0 Å². The average molecular weight is 243 g/mol. The van der Waals surface area contributed by atoms with Gasteiger partial charge in [-0.05, 0) is 24.6 Å². The normalized spacial score (nSPS) is 19.9. The summed E-state index contributed by atoms with van der Waals surface area (Å²) in [4.78, 5) is 17.2. The van der Waals surface area contributed by atoms with Crippen LogP contribution in [0.1, 0.15) is 24.2 Å². The highest BCUT2D eigenvalue weighted by Gasteiger charge is 2.32. The number of nitrogens with two attached hydrogens (primary N) is 1. The number of H-pyrrole nitrogens is 1. The second-order valence-electron chi connectivity index (χ2n) is 4.75. The minimum atomic E-state index is -0.314. The number of aromatic nitrogens is 1.